The Morgan fingerprint density at radius 3 is 2.39 bits per heavy atom. The molecular weight excluding hydrogens is 320 g/mol. The molecule has 0 aromatic carbocycles. The van der Waals surface area contributed by atoms with Gasteiger partial charge in [0.1, 0.15) is 10.7 Å². The van der Waals surface area contributed by atoms with Crippen LogP contribution in [0.2, 0.25) is 0 Å². The van der Waals surface area contributed by atoms with E-state index in [-0.39, 0.29) is 22.2 Å². The molecule has 0 aliphatic carbocycles. The topological polar surface area (TPSA) is 76.5 Å². The fourth-order valence-electron chi connectivity index (χ4n) is 1.83. The molecule has 1 aromatic rings. The average Bonchev–Trinajstić information content (AvgIpc) is 2.72. The summed E-state index contributed by atoms with van der Waals surface area (Å²) in [4.78, 5) is 0.136. The second kappa shape index (κ2) is 6.18. The molecule has 1 aromatic heterocycles. The zero-order chi connectivity index (χ0) is 13.9. The molecule has 104 valence electrons. The van der Waals surface area contributed by atoms with E-state index in [0.717, 1.165) is 12.8 Å². The van der Waals surface area contributed by atoms with E-state index in [2.05, 4.69) is 15.9 Å². The monoisotopic (exact) mass is 338 g/mol. The highest BCUT2D eigenvalue weighted by Crippen LogP contribution is 2.29. The van der Waals surface area contributed by atoms with E-state index in [0.29, 0.717) is 5.76 Å². The van der Waals surface area contributed by atoms with Crippen molar-refractivity contribution in [2.24, 2.45) is 5.73 Å². The number of nitrogens with zero attached hydrogens (tertiary/aromatic N) is 1. The molecule has 2 N–H and O–H groups in total. The zero-order valence-electron chi connectivity index (χ0n) is 10.8. The number of rotatable bonds is 6. The third-order valence-corrected chi connectivity index (χ3v) is 5.79. The Morgan fingerprint density at radius 1 is 1.44 bits per heavy atom. The molecule has 7 heteroatoms. The first-order valence-electron chi connectivity index (χ1n) is 5.84. The molecule has 18 heavy (non-hydrogen) atoms. The van der Waals surface area contributed by atoms with E-state index in [9.17, 15) is 8.42 Å². The molecule has 0 aliphatic heterocycles. The highest BCUT2D eigenvalue weighted by molar-refractivity contribution is 9.10. The molecule has 1 heterocycles. The minimum Gasteiger partial charge on any atom is -0.452 e. The molecule has 5 nitrogen and oxygen atoms in total. The lowest BCUT2D eigenvalue weighted by Gasteiger charge is -2.24. The first kappa shape index (κ1) is 15.7. The SMILES string of the molecule is CCC(CC)N(C)S(=O)(=O)c1cc(CN)oc1Br. The van der Waals surface area contributed by atoms with Gasteiger partial charge in [-0.15, -0.1) is 0 Å². The van der Waals surface area contributed by atoms with Gasteiger partial charge in [0.25, 0.3) is 0 Å². The minimum atomic E-state index is -3.55. The van der Waals surface area contributed by atoms with Crippen LogP contribution < -0.4 is 5.73 Å². The molecule has 0 radical (unpaired) electrons. The summed E-state index contributed by atoms with van der Waals surface area (Å²) < 4.78 is 31.7. The summed E-state index contributed by atoms with van der Waals surface area (Å²) in [6.07, 6.45) is 1.54. The van der Waals surface area contributed by atoms with Crippen molar-refractivity contribution >= 4 is 26.0 Å². The van der Waals surface area contributed by atoms with Crippen molar-refractivity contribution < 1.29 is 12.8 Å². The van der Waals surface area contributed by atoms with Crippen LogP contribution in [0.15, 0.2) is 20.0 Å². The van der Waals surface area contributed by atoms with Crippen molar-refractivity contribution in [1.82, 2.24) is 4.31 Å². The van der Waals surface area contributed by atoms with E-state index in [1.807, 2.05) is 13.8 Å². The minimum absolute atomic E-state index is 0.0156. The van der Waals surface area contributed by atoms with Gasteiger partial charge in [0, 0.05) is 19.2 Å². The predicted molar refractivity (Wildman–Crippen MR) is 73.6 cm³/mol. The lowest BCUT2D eigenvalue weighted by molar-refractivity contribution is 0.349. The van der Waals surface area contributed by atoms with E-state index >= 15 is 0 Å². The van der Waals surface area contributed by atoms with Crippen LogP contribution in [0.1, 0.15) is 32.4 Å². The molecule has 1 rings (SSSR count). The summed E-state index contributed by atoms with van der Waals surface area (Å²) >= 11 is 3.13. The van der Waals surface area contributed by atoms with E-state index < -0.39 is 10.0 Å². The van der Waals surface area contributed by atoms with Crippen LogP contribution in [0.3, 0.4) is 0 Å². The maximum absolute atomic E-state index is 12.4. The summed E-state index contributed by atoms with van der Waals surface area (Å²) in [5, 5.41) is 0. The highest BCUT2D eigenvalue weighted by atomic mass is 79.9. The van der Waals surface area contributed by atoms with Crippen molar-refractivity contribution in [3.8, 4) is 0 Å². The fourth-order valence-corrected chi connectivity index (χ4v) is 4.29. The third kappa shape index (κ3) is 2.96. The first-order valence-corrected chi connectivity index (χ1v) is 8.08. The van der Waals surface area contributed by atoms with Crippen molar-refractivity contribution in [2.45, 2.75) is 44.2 Å². The second-order valence-electron chi connectivity index (χ2n) is 4.05. The van der Waals surface area contributed by atoms with Gasteiger partial charge in [-0.3, -0.25) is 0 Å². The lowest BCUT2D eigenvalue weighted by Crippen LogP contribution is -2.36. The van der Waals surface area contributed by atoms with Crippen LogP contribution in [0.5, 0.6) is 0 Å². The number of nitrogens with two attached hydrogens (primary N) is 1. The van der Waals surface area contributed by atoms with Crippen LogP contribution in [0.25, 0.3) is 0 Å². The summed E-state index contributed by atoms with van der Waals surface area (Å²) in [6, 6.07) is 1.45. The lowest BCUT2D eigenvalue weighted by atomic mass is 10.2. The van der Waals surface area contributed by atoms with E-state index in [1.54, 1.807) is 7.05 Å². The summed E-state index contributed by atoms with van der Waals surface area (Å²) in [5.41, 5.74) is 5.44. The van der Waals surface area contributed by atoms with Crippen LogP contribution in [-0.2, 0) is 16.6 Å². The van der Waals surface area contributed by atoms with Gasteiger partial charge in [0.2, 0.25) is 10.0 Å². The van der Waals surface area contributed by atoms with Gasteiger partial charge in [-0.25, -0.2) is 8.42 Å². The third-order valence-electron chi connectivity index (χ3n) is 3.02. The standard InChI is InChI=1S/C11H19BrN2O3S/c1-4-8(5-2)14(3)18(15,16)10-6-9(7-13)17-11(10)12/h6,8H,4-5,7,13H2,1-3H3. The second-order valence-corrected chi connectivity index (χ2v) is 6.73. The smallest absolute Gasteiger partial charge is 0.247 e. The van der Waals surface area contributed by atoms with Crippen molar-refractivity contribution in [1.29, 1.82) is 0 Å². The normalized spacial score (nSPS) is 12.6. The van der Waals surface area contributed by atoms with E-state index in [1.165, 1.54) is 10.4 Å². The molecule has 0 saturated carbocycles. The van der Waals surface area contributed by atoms with Gasteiger partial charge in [-0.2, -0.15) is 4.31 Å². The van der Waals surface area contributed by atoms with E-state index in [4.69, 9.17) is 10.2 Å². The number of furan rings is 1. The summed E-state index contributed by atoms with van der Waals surface area (Å²) in [6.45, 7) is 4.11. The fraction of sp³-hybridized carbons (Fsp3) is 0.636. The number of hydrogen-bond acceptors (Lipinski definition) is 4. The van der Waals surface area contributed by atoms with Crippen LogP contribution in [0, 0.1) is 0 Å². The average molecular weight is 339 g/mol. The Hall–Kier alpha value is -0.370. The highest BCUT2D eigenvalue weighted by Gasteiger charge is 2.30. The largest absolute Gasteiger partial charge is 0.452 e. The van der Waals surface area contributed by atoms with Gasteiger partial charge in [0.15, 0.2) is 4.67 Å². The maximum atomic E-state index is 12.4. The first-order chi connectivity index (χ1) is 8.38. The Balaban J connectivity index is 3.16. The molecule has 0 amide bonds. The van der Waals surface area contributed by atoms with Gasteiger partial charge >= 0.3 is 0 Å². The maximum Gasteiger partial charge on any atom is 0.247 e. The molecule has 0 spiro atoms. The number of sulfonamides is 1. The van der Waals surface area contributed by atoms with Crippen LogP contribution in [0.4, 0.5) is 0 Å². The Kier molecular flexibility index (Phi) is 5.39. The molecular formula is C11H19BrN2O3S. The predicted octanol–water partition coefficient (Wildman–Crippen LogP) is 2.31. The molecule has 0 bridgehead atoms. The molecule has 0 atom stereocenters. The molecule has 0 unspecified atom stereocenters. The van der Waals surface area contributed by atoms with Gasteiger partial charge < -0.3 is 10.2 Å². The van der Waals surface area contributed by atoms with Crippen molar-refractivity contribution in [3.63, 3.8) is 0 Å². The van der Waals surface area contributed by atoms with Crippen molar-refractivity contribution in [3.05, 3.63) is 16.5 Å². The Morgan fingerprint density at radius 2 is 2.00 bits per heavy atom. The van der Waals surface area contributed by atoms with Crippen molar-refractivity contribution in [2.75, 3.05) is 7.05 Å². The van der Waals surface area contributed by atoms with Crippen LogP contribution in [-0.4, -0.2) is 25.8 Å². The van der Waals surface area contributed by atoms with Gasteiger partial charge in [-0.05, 0) is 28.8 Å². The van der Waals surface area contributed by atoms with Gasteiger partial charge in [0.05, 0.1) is 6.54 Å². The Bertz CT molecular complexity index is 494. The number of hydrogen-bond donors (Lipinski definition) is 1. The van der Waals surface area contributed by atoms with Gasteiger partial charge in [-0.1, -0.05) is 13.8 Å². The Labute approximate surface area is 117 Å². The number of halogens is 1. The summed E-state index contributed by atoms with van der Waals surface area (Å²) in [7, 11) is -1.95. The molecule has 0 aliphatic rings. The molecule has 0 fully saturated rings. The molecule has 0 saturated heterocycles. The quantitative estimate of drug-likeness (QED) is 0.863. The zero-order valence-corrected chi connectivity index (χ0v) is 13.2. The van der Waals surface area contributed by atoms with Crippen LogP contribution >= 0.6 is 15.9 Å². The summed E-state index contributed by atoms with van der Waals surface area (Å²) in [5.74, 6) is 0.443.